The number of aromatic nitrogens is 1. The quantitative estimate of drug-likeness (QED) is 0.773. The van der Waals surface area contributed by atoms with E-state index in [-0.39, 0.29) is 0 Å². The SMILES string of the molecule is CN(CC1CC1)c1cc(N)ns1. The smallest absolute Gasteiger partial charge is 0.139 e. The molecule has 0 amide bonds. The molecule has 0 aliphatic heterocycles. The zero-order chi connectivity index (χ0) is 8.55. The van der Waals surface area contributed by atoms with Crippen molar-refractivity contribution in [2.24, 2.45) is 5.92 Å². The lowest BCUT2D eigenvalue weighted by atomic mass is 10.4. The molecule has 0 aromatic carbocycles. The van der Waals surface area contributed by atoms with Gasteiger partial charge in [0, 0.05) is 19.7 Å². The monoisotopic (exact) mass is 183 g/mol. The molecule has 2 rings (SSSR count). The van der Waals surface area contributed by atoms with Gasteiger partial charge >= 0.3 is 0 Å². The van der Waals surface area contributed by atoms with Gasteiger partial charge < -0.3 is 10.6 Å². The van der Waals surface area contributed by atoms with Crippen molar-refractivity contribution in [2.75, 3.05) is 24.2 Å². The topological polar surface area (TPSA) is 42.1 Å². The summed E-state index contributed by atoms with van der Waals surface area (Å²) >= 11 is 1.48. The third-order valence-corrected chi connectivity index (χ3v) is 3.04. The summed E-state index contributed by atoms with van der Waals surface area (Å²) in [4.78, 5) is 2.24. The Morgan fingerprint density at radius 2 is 2.50 bits per heavy atom. The Hall–Kier alpha value is -0.770. The van der Waals surface area contributed by atoms with Gasteiger partial charge in [-0.2, -0.15) is 4.37 Å². The maximum absolute atomic E-state index is 5.54. The Bertz CT molecular complexity index is 267. The molecule has 12 heavy (non-hydrogen) atoms. The highest BCUT2D eigenvalue weighted by Gasteiger charge is 2.23. The number of rotatable bonds is 3. The number of nitrogens with two attached hydrogens (primary N) is 1. The van der Waals surface area contributed by atoms with Crippen molar-refractivity contribution in [1.29, 1.82) is 0 Å². The molecule has 1 aliphatic carbocycles. The van der Waals surface area contributed by atoms with Gasteiger partial charge in [-0.15, -0.1) is 0 Å². The average molecular weight is 183 g/mol. The third-order valence-electron chi connectivity index (χ3n) is 2.12. The van der Waals surface area contributed by atoms with Gasteiger partial charge in [0.25, 0.3) is 0 Å². The van der Waals surface area contributed by atoms with Crippen LogP contribution in [-0.2, 0) is 0 Å². The number of hydrogen-bond donors (Lipinski definition) is 1. The van der Waals surface area contributed by atoms with E-state index in [2.05, 4.69) is 16.3 Å². The second kappa shape index (κ2) is 2.94. The van der Waals surface area contributed by atoms with Crippen molar-refractivity contribution in [3.8, 4) is 0 Å². The summed E-state index contributed by atoms with van der Waals surface area (Å²) < 4.78 is 4.04. The van der Waals surface area contributed by atoms with E-state index in [0.717, 1.165) is 12.5 Å². The van der Waals surface area contributed by atoms with Crippen LogP contribution in [0.1, 0.15) is 12.8 Å². The number of nitrogen functional groups attached to an aromatic ring is 1. The molecule has 3 nitrogen and oxygen atoms in total. The van der Waals surface area contributed by atoms with Crippen LogP contribution >= 0.6 is 11.5 Å². The molecule has 0 bridgehead atoms. The highest BCUT2D eigenvalue weighted by molar-refractivity contribution is 7.10. The maximum atomic E-state index is 5.54. The average Bonchev–Trinajstić information content (AvgIpc) is 2.72. The summed E-state index contributed by atoms with van der Waals surface area (Å²) in [7, 11) is 2.10. The largest absolute Gasteiger partial charge is 0.383 e. The van der Waals surface area contributed by atoms with Crippen molar-refractivity contribution in [1.82, 2.24) is 4.37 Å². The molecule has 0 spiro atoms. The van der Waals surface area contributed by atoms with E-state index in [1.807, 2.05) is 6.07 Å². The third kappa shape index (κ3) is 1.69. The van der Waals surface area contributed by atoms with Gasteiger partial charge in [-0.1, -0.05) is 0 Å². The number of hydrogen-bond acceptors (Lipinski definition) is 4. The van der Waals surface area contributed by atoms with Crippen LogP contribution < -0.4 is 10.6 Å². The fraction of sp³-hybridized carbons (Fsp3) is 0.625. The summed E-state index contributed by atoms with van der Waals surface area (Å²) in [5.74, 6) is 1.55. The summed E-state index contributed by atoms with van der Waals surface area (Å²) in [5, 5.41) is 1.18. The van der Waals surface area contributed by atoms with Crippen LogP contribution in [0.15, 0.2) is 6.07 Å². The first-order chi connectivity index (χ1) is 5.75. The molecule has 2 N–H and O–H groups in total. The fourth-order valence-corrected chi connectivity index (χ4v) is 1.88. The molecule has 1 fully saturated rings. The molecule has 1 aromatic heterocycles. The van der Waals surface area contributed by atoms with Gasteiger partial charge in [-0.3, -0.25) is 0 Å². The molecule has 0 saturated heterocycles. The first-order valence-corrected chi connectivity index (χ1v) is 4.96. The van der Waals surface area contributed by atoms with Crippen molar-refractivity contribution in [3.05, 3.63) is 6.07 Å². The van der Waals surface area contributed by atoms with Gasteiger partial charge in [-0.25, -0.2) is 0 Å². The normalized spacial score (nSPS) is 16.4. The minimum absolute atomic E-state index is 0.637. The van der Waals surface area contributed by atoms with Gasteiger partial charge in [0.1, 0.15) is 10.8 Å². The molecular formula is C8H13N3S. The van der Waals surface area contributed by atoms with Crippen molar-refractivity contribution >= 4 is 22.4 Å². The summed E-state index contributed by atoms with van der Waals surface area (Å²) in [6.45, 7) is 1.15. The highest BCUT2D eigenvalue weighted by Crippen LogP contribution is 2.32. The second-order valence-electron chi connectivity index (χ2n) is 3.41. The lowest BCUT2D eigenvalue weighted by molar-refractivity contribution is 0.793. The van der Waals surface area contributed by atoms with Crippen molar-refractivity contribution in [3.63, 3.8) is 0 Å². The highest BCUT2D eigenvalue weighted by atomic mass is 32.1. The molecule has 0 atom stereocenters. The second-order valence-corrected chi connectivity index (χ2v) is 4.20. The molecule has 1 aromatic rings. The molecule has 1 saturated carbocycles. The Balaban J connectivity index is 1.97. The van der Waals surface area contributed by atoms with Crippen LogP contribution in [0.5, 0.6) is 0 Å². The van der Waals surface area contributed by atoms with E-state index in [1.54, 1.807) is 0 Å². The Morgan fingerprint density at radius 1 is 1.75 bits per heavy atom. The molecule has 0 radical (unpaired) electrons. The first kappa shape index (κ1) is 7.86. The standard InChI is InChI=1S/C8H13N3S/c1-11(5-6-2-3-6)8-4-7(9)10-12-8/h4,6H,2-3,5H2,1H3,(H2,9,10). The lowest BCUT2D eigenvalue weighted by Crippen LogP contribution is -2.18. The van der Waals surface area contributed by atoms with Gasteiger partial charge in [-0.05, 0) is 30.3 Å². The first-order valence-electron chi connectivity index (χ1n) is 4.19. The van der Waals surface area contributed by atoms with E-state index >= 15 is 0 Å². The molecule has 4 heteroatoms. The zero-order valence-electron chi connectivity index (χ0n) is 7.16. The van der Waals surface area contributed by atoms with Crippen LogP contribution in [0.25, 0.3) is 0 Å². The van der Waals surface area contributed by atoms with E-state index in [0.29, 0.717) is 5.82 Å². The Morgan fingerprint density at radius 3 is 3.00 bits per heavy atom. The van der Waals surface area contributed by atoms with E-state index in [1.165, 1.54) is 29.4 Å². The minimum Gasteiger partial charge on any atom is -0.383 e. The Labute approximate surface area is 76.4 Å². The van der Waals surface area contributed by atoms with Crippen LogP contribution in [-0.4, -0.2) is 18.0 Å². The van der Waals surface area contributed by atoms with Crippen LogP contribution in [0.2, 0.25) is 0 Å². The minimum atomic E-state index is 0.637. The predicted molar refractivity (Wildman–Crippen MR) is 52.5 cm³/mol. The number of anilines is 2. The summed E-state index contributed by atoms with van der Waals surface area (Å²) in [6.07, 6.45) is 2.78. The van der Waals surface area contributed by atoms with Gasteiger partial charge in [0.05, 0.1) is 0 Å². The Kier molecular flexibility index (Phi) is 1.92. The molecule has 1 heterocycles. The predicted octanol–water partition coefficient (Wildman–Crippen LogP) is 1.57. The fourth-order valence-electron chi connectivity index (χ4n) is 1.24. The number of nitrogens with zero attached hydrogens (tertiary/aromatic N) is 2. The van der Waals surface area contributed by atoms with Crippen LogP contribution in [0.4, 0.5) is 10.8 Å². The van der Waals surface area contributed by atoms with Crippen LogP contribution in [0, 0.1) is 5.92 Å². The van der Waals surface area contributed by atoms with E-state index in [9.17, 15) is 0 Å². The molecule has 66 valence electrons. The summed E-state index contributed by atoms with van der Waals surface area (Å²) in [6, 6.07) is 1.94. The van der Waals surface area contributed by atoms with Gasteiger partial charge in [0.2, 0.25) is 0 Å². The molecule has 1 aliphatic rings. The van der Waals surface area contributed by atoms with Crippen molar-refractivity contribution < 1.29 is 0 Å². The van der Waals surface area contributed by atoms with Gasteiger partial charge in [0.15, 0.2) is 0 Å². The lowest BCUT2D eigenvalue weighted by Gasteiger charge is -2.14. The van der Waals surface area contributed by atoms with Crippen LogP contribution in [0.3, 0.4) is 0 Å². The molecule has 0 unspecified atom stereocenters. The van der Waals surface area contributed by atoms with E-state index < -0.39 is 0 Å². The summed E-state index contributed by atoms with van der Waals surface area (Å²) in [5.41, 5.74) is 5.54. The zero-order valence-corrected chi connectivity index (χ0v) is 7.97. The molecular weight excluding hydrogens is 170 g/mol. The maximum Gasteiger partial charge on any atom is 0.139 e. The van der Waals surface area contributed by atoms with Crippen molar-refractivity contribution in [2.45, 2.75) is 12.8 Å². The van der Waals surface area contributed by atoms with E-state index in [4.69, 9.17) is 5.73 Å².